The van der Waals surface area contributed by atoms with E-state index in [1.54, 1.807) is 18.3 Å². The third-order valence-electron chi connectivity index (χ3n) is 4.32. The van der Waals surface area contributed by atoms with Gasteiger partial charge in [0.2, 0.25) is 5.91 Å². The SMILES string of the molecule is NC(CC(=O)Nc1cc(Cl)cc2cn[nH]c12)C1CCOCC1.O=C(O)C(F)(F)F. The van der Waals surface area contributed by atoms with Crippen molar-refractivity contribution in [2.45, 2.75) is 31.5 Å². The number of benzene rings is 1. The number of nitrogens with one attached hydrogen (secondary N) is 2. The van der Waals surface area contributed by atoms with Gasteiger partial charge in [0.15, 0.2) is 0 Å². The molecule has 1 aromatic heterocycles. The van der Waals surface area contributed by atoms with Crippen LogP contribution >= 0.6 is 11.6 Å². The lowest BCUT2D eigenvalue weighted by Crippen LogP contribution is -2.37. The van der Waals surface area contributed by atoms with Gasteiger partial charge in [0.05, 0.1) is 17.4 Å². The minimum atomic E-state index is -5.08. The average molecular weight is 437 g/mol. The van der Waals surface area contributed by atoms with Crippen molar-refractivity contribution in [3.63, 3.8) is 0 Å². The van der Waals surface area contributed by atoms with Crippen molar-refractivity contribution in [2.24, 2.45) is 11.7 Å². The Balaban J connectivity index is 0.000000370. The number of nitrogens with two attached hydrogens (primary N) is 1. The third-order valence-corrected chi connectivity index (χ3v) is 4.54. The molecule has 12 heteroatoms. The summed E-state index contributed by atoms with van der Waals surface area (Å²) in [5.41, 5.74) is 7.55. The van der Waals surface area contributed by atoms with Crippen molar-refractivity contribution >= 4 is 40.1 Å². The summed E-state index contributed by atoms with van der Waals surface area (Å²) in [4.78, 5) is 21.1. The molecule has 5 N–H and O–H groups in total. The van der Waals surface area contributed by atoms with Crippen LogP contribution in [0.3, 0.4) is 0 Å². The highest BCUT2D eigenvalue weighted by Crippen LogP contribution is 2.27. The molecular weight excluding hydrogens is 417 g/mol. The van der Waals surface area contributed by atoms with Crippen LogP contribution in [0.5, 0.6) is 0 Å². The number of nitrogens with zero attached hydrogens (tertiary/aromatic N) is 1. The van der Waals surface area contributed by atoms with Crippen molar-refractivity contribution in [3.8, 4) is 0 Å². The molecule has 1 atom stereocenters. The average Bonchev–Trinajstić information content (AvgIpc) is 3.10. The molecule has 1 aliphatic heterocycles. The smallest absolute Gasteiger partial charge is 0.475 e. The summed E-state index contributed by atoms with van der Waals surface area (Å²) in [5.74, 6) is -2.53. The fourth-order valence-electron chi connectivity index (χ4n) is 2.85. The van der Waals surface area contributed by atoms with Gasteiger partial charge in [-0.25, -0.2) is 4.79 Å². The lowest BCUT2D eigenvalue weighted by molar-refractivity contribution is -0.192. The van der Waals surface area contributed by atoms with Crippen molar-refractivity contribution in [1.82, 2.24) is 10.2 Å². The highest BCUT2D eigenvalue weighted by atomic mass is 35.5. The molecule has 29 heavy (non-hydrogen) atoms. The zero-order chi connectivity index (χ0) is 21.6. The molecule has 1 fully saturated rings. The van der Waals surface area contributed by atoms with Gasteiger partial charge in [-0.05, 0) is 30.9 Å². The molecule has 3 rings (SSSR count). The molecule has 0 spiro atoms. The van der Waals surface area contributed by atoms with E-state index in [1.807, 2.05) is 0 Å². The molecule has 0 saturated carbocycles. The number of aromatic nitrogens is 2. The first-order valence-corrected chi connectivity index (χ1v) is 9.01. The second-order valence-corrected chi connectivity index (χ2v) is 6.89. The number of halogens is 4. The Morgan fingerprint density at radius 1 is 1.38 bits per heavy atom. The summed E-state index contributed by atoms with van der Waals surface area (Å²) in [6.07, 6.45) is -1.30. The number of H-pyrrole nitrogens is 1. The minimum Gasteiger partial charge on any atom is -0.475 e. The molecule has 0 radical (unpaired) electrons. The number of anilines is 1. The standard InChI is InChI=1S/C15H19ClN4O2.C2HF3O2/c16-11-5-10-8-18-20-15(10)13(6-11)19-14(21)7-12(17)9-1-3-22-4-2-9;3-2(4,5)1(6)7/h5-6,8-9,12H,1-4,7,17H2,(H,18,20)(H,19,21);(H,6,7). The molecular formula is C17H20ClF3N4O4. The van der Waals surface area contributed by atoms with Crippen molar-refractivity contribution < 1.29 is 32.6 Å². The van der Waals surface area contributed by atoms with Gasteiger partial charge < -0.3 is 20.9 Å². The highest BCUT2D eigenvalue weighted by molar-refractivity contribution is 6.32. The van der Waals surface area contributed by atoms with Crippen LogP contribution in [0.4, 0.5) is 18.9 Å². The van der Waals surface area contributed by atoms with Gasteiger partial charge in [-0.1, -0.05) is 11.6 Å². The van der Waals surface area contributed by atoms with Gasteiger partial charge >= 0.3 is 12.1 Å². The molecule has 1 aliphatic rings. The highest BCUT2D eigenvalue weighted by Gasteiger charge is 2.38. The van der Waals surface area contributed by atoms with Crippen LogP contribution in [-0.2, 0) is 14.3 Å². The molecule has 8 nitrogen and oxygen atoms in total. The lowest BCUT2D eigenvalue weighted by Gasteiger charge is -2.27. The largest absolute Gasteiger partial charge is 0.490 e. The van der Waals surface area contributed by atoms with Crippen LogP contribution < -0.4 is 11.1 Å². The zero-order valence-corrected chi connectivity index (χ0v) is 15.9. The maximum Gasteiger partial charge on any atom is 0.490 e. The quantitative estimate of drug-likeness (QED) is 0.583. The van der Waals surface area contributed by atoms with Gasteiger partial charge in [-0.15, -0.1) is 0 Å². The van der Waals surface area contributed by atoms with Gasteiger partial charge in [-0.3, -0.25) is 9.89 Å². The number of hydrogen-bond acceptors (Lipinski definition) is 5. The van der Waals surface area contributed by atoms with Crippen LogP contribution in [0, 0.1) is 5.92 Å². The summed E-state index contributed by atoms with van der Waals surface area (Å²) in [5, 5.41) is 18.3. The fourth-order valence-corrected chi connectivity index (χ4v) is 3.07. The van der Waals surface area contributed by atoms with Gasteiger partial charge in [0, 0.05) is 36.1 Å². The minimum absolute atomic E-state index is 0.114. The second kappa shape index (κ2) is 9.90. The van der Waals surface area contributed by atoms with E-state index in [0.29, 0.717) is 16.6 Å². The normalized spacial score (nSPS) is 16.0. The Hall–Kier alpha value is -2.37. The summed E-state index contributed by atoms with van der Waals surface area (Å²) in [7, 11) is 0. The van der Waals surface area contributed by atoms with Crippen LogP contribution in [0.2, 0.25) is 5.02 Å². The predicted octanol–water partition coefficient (Wildman–Crippen LogP) is 2.93. The van der Waals surface area contributed by atoms with E-state index < -0.39 is 12.1 Å². The topological polar surface area (TPSA) is 130 Å². The molecule has 1 saturated heterocycles. The number of carbonyl (C=O) groups excluding carboxylic acids is 1. The van der Waals surface area contributed by atoms with E-state index in [0.717, 1.165) is 37.0 Å². The van der Waals surface area contributed by atoms with Crippen LogP contribution in [-0.4, -0.2) is 52.6 Å². The summed E-state index contributed by atoms with van der Waals surface area (Å²) >= 11 is 6.06. The maximum atomic E-state index is 12.2. The number of alkyl halides is 3. The fraction of sp³-hybridized carbons (Fsp3) is 0.471. The first-order chi connectivity index (χ1) is 13.6. The molecule has 2 heterocycles. The maximum absolute atomic E-state index is 12.2. The Morgan fingerprint density at radius 3 is 2.59 bits per heavy atom. The summed E-state index contributed by atoms with van der Waals surface area (Å²) in [6.45, 7) is 1.45. The van der Waals surface area contributed by atoms with E-state index in [-0.39, 0.29) is 18.4 Å². The Bertz CT molecular complexity index is 853. The zero-order valence-electron chi connectivity index (χ0n) is 15.1. The molecule has 0 bridgehead atoms. The predicted molar refractivity (Wildman–Crippen MR) is 99.6 cm³/mol. The molecule has 0 aliphatic carbocycles. The van der Waals surface area contributed by atoms with E-state index in [4.69, 9.17) is 32.0 Å². The number of rotatable bonds is 4. The lowest BCUT2D eigenvalue weighted by atomic mass is 9.90. The Labute approximate surface area is 168 Å². The molecule has 1 amide bonds. The van der Waals surface area contributed by atoms with Crippen molar-refractivity contribution in [2.75, 3.05) is 18.5 Å². The molecule has 2 aromatic rings. The first kappa shape index (κ1) is 22.9. The number of hydrogen-bond donors (Lipinski definition) is 4. The van der Waals surface area contributed by atoms with Crippen LogP contribution in [0.25, 0.3) is 10.9 Å². The Kier molecular flexibility index (Phi) is 7.82. The second-order valence-electron chi connectivity index (χ2n) is 6.46. The number of aromatic amines is 1. The molecule has 160 valence electrons. The number of ether oxygens (including phenoxy) is 1. The van der Waals surface area contributed by atoms with Crippen LogP contribution in [0.1, 0.15) is 19.3 Å². The summed E-state index contributed by atoms with van der Waals surface area (Å²) < 4.78 is 37.1. The Morgan fingerprint density at radius 2 is 2.00 bits per heavy atom. The first-order valence-electron chi connectivity index (χ1n) is 8.64. The van der Waals surface area contributed by atoms with E-state index in [2.05, 4.69) is 15.5 Å². The number of carboxylic acid groups (broad SMARTS) is 1. The van der Waals surface area contributed by atoms with Crippen molar-refractivity contribution in [1.29, 1.82) is 0 Å². The van der Waals surface area contributed by atoms with Gasteiger partial charge in [0.25, 0.3) is 0 Å². The summed E-state index contributed by atoms with van der Waals surface area (Å²) in [6, 6.07) is 3.35. The number of fused-ring (bicyclic) bond motifs is 1. The van der Waals surface area contributed by atoms with E-state index >= 15 is 0 Å². The number of aliphatic carboxylic acids is 1. The molecule has 1 aromatic carbocycles. The molecule has 1 unspecified atom stereocenters. The monoisotopic (exact) mass is 436 g/mol. The third kappa shape index (κ3) is 6.87. The number of amides is 1. The van der Waals surface area contributed by atoms with E-state index in [9.17, 15) is 18.0 Å². The van der Waals surface area contributed by atoms with Gasteiger partial charge in [-0.2, -0.15) is 18.3 Å². The van der Waals surface area contributed by atoms with Crippen LogP contribution in [0.15, 0.2) is 18.3 Å². The number of carbonyl (C=O) groups is 2. The van der Waals surface area contributed by atoms with Gasteiger partial charge in [0.1, 0.15) is 0 Å². The number of carboxylic acids is 1. The van der Waals surface area contributed by atoms with E-state index in [1.165, 1.54) is 0 Å². The van der Waals surface area contributed by atoms with Crippen molar-refractivity contribution in [3.05, 3.63) is 23.4 Å².